The number of aromatic amines is 1. The van der Waals surface area contributed by atoms with Gasteiger partial charge in [0.05, 0.1) is 27.0 Å². The molecule has 0 radical (unpaired) electrons. The Morgan fingerprint density at radius 2 is 1.08 bits per heavy atom. The molecule has 0 bridgehead atoms. The standard InChI is InChI=1S/C21H15N3S/c1-13-3-7-15(8-4-13)19-17(11-22)21(25)18(12-23)20(24-19)16-9-5-14(2)6-10-16/h3-10H,1-2H3,(H,24,25). The van der Waals surface area contributed by atoms with Gasteiger partial charge in [0.1, 0.15) is 12.1 Å². The molecule has 0 aliphatic rings. The van der Waals surface area contributed by atoms with Crippen molar-refractivity contribution in [3.63, 3.8) is 0 Å². The number of nitrogens with one attached hydrogen (secondary N) is 1. The smallest absolute Gasteiger partial charge is 0.103 e. The highest BCUT2D eigenvalue weighted by atomic mass is 32.1. The highest BCUT2D eigenvalue weighted by Gasteiger charge is 2.16. The predicted molar refractivity (Wildman–Crippen MR) is 101 cm³/mol. The number of H-pyrrole nitrogens is 1. The van der Waals surface area contributed by atoms with Gasteiger partial charge in [-0.05, 0) is 25.0 Å². The Balaban J connectivity index is 2.35. The molecule has 2 aromatic carbocycles. The largest absolute Gasteiger partial charge is 0.352 e. The molecule has 0 unspecified atom stereocenters. The zero-order chi connectivity index (χ0) is 18.0. The van der Waals surface area contributed by atoms with Crippen LogP contribution in [0.1, 0.15) is 22.3 Å². The molecule has 0 fully saturated rings. The van der Waals surface area contributed by atoms with Crippen molar-refractivity contribution in [2.24, 2.45) is 0 Å². The van der Waals surface area contributed by atoms with Crippen molar-refractivity contribution in [3.05, 3.63) is 75.3 Å². The van der Waals surface area contributed by atoms with Gasteiger partial charge in [-0.1, -0.05) is 71.9 Å². The highest BCUT2D eigenvalue weighted by molar-refractivity contribution is 7.71. The summed E-state index contributed by atoms with van der Waals surface area (Å²) < 4.78 is 0.287. The molecule has 0 aliphatic carbocycles. The number of rotatable bonds is 2. The van der Waals surface area contributed by atoms with E-state index in [0.717, 1.165) is 22.3 Å². The van der Waals surface area contributed by atoms with Gasteiger partial charge >= 0.3 is 0 Å². The lowest BCUT2D eigenvalue weighted by molar-refractivity contribution is 1.26. The number of aryl methyl sites for hydroxylation is 2. The Bertz CT molecular complexity index is 992. The SMILES string of the molecule is Cc1ccc(-c2[nH]c(-c3ccc(C)cc3)c(C#N)c(=S)c2C#N)cc1. The summed E-state index contributed by atoms with van der Waals surface area (Å²) in [7, 11) is 0. The molecule has 1 aromatic heterocycles. The van der Waals surface area contributed by atoms with Gasteiger partial charge in [-0.3, -0.25) is 0 Å². The van der Waals surface area contributed by atoms with Crippen LogP contribution in [0.25, 0.3) is 22.5 Å². The van der Waals surface area contributed by atoms with Gasteiger partial charge in [-0.15, -0.1) is 0 Å². The zero-order valence-corrected chi connectivity index (χ0v) is 14.7. The topological polar surface area (TPSA) is 63.4 Å². The molecule has 3 nitrogen and oxygen atoms in total. The van der Waals surface area contributed by atoms with Gasteiger partial charge in [0, 0.05) is 0 Å². The first-order chi connectivity index (χ1) is 12.0. The summed E-state index contributed by atoms with van der Waals surface area (Å²) in [6.07, 6.45) is 0. The highest BCUT2D eigenvalue weighted by Crippen LogP contribution is 2.30. The molecule has 0 saturated heterocycles. The van der Waals surface area contributed by atoms with Crippen molar-refractivity contribution in [2.75, 3.05) is 0 Å². The Kier molecular flexibility index (Phi) is 4.48. The number of pyridine rings is 1. The van der Waals surface area contributed by atoms with Crippen molar-refractivity contribution in [3.8, 4) is 34.7 Å². The van der Waals surface area contributed by atoms with E-state index in [2.05, 4.69) is 17.1 Å². The van der Waals surface area contributed by atoms with Crippen LogP contribution in [-0.4, -0.2) is 4.98 Å². The Morgan fingerprint density at radius 3 is 1.40 bits per heavy atom. The van der Waals surface area contributed by atoms with E-state index < -0.39 is 0 Å². The van der Waals surface area contributed by atoms with E-state index in [4.69, 9.17) is 12.2 Å². The fraction of sp³-hybridized carbons (Fsp3) is 0.0952. The summed E-state index contributed by atoms with van der Waals surface area (Å²) in [6, 6.07) is 20.0. The first-order valence-corrected chi connectivity index (χ1v) is 8.20. The molecule has 120 valence electrons. The summed E-state index contributed by atoms with van der Waals surface area (Å²) >= 11 is 5.45. The van der Waals surface area contributed by atoms with Crippen LogP contribution in [0.5, 0.6) is 0 Å². The van der Waals surface area contributed by atoms with E-state index in [1.165, 1.54) is 0 Å². The number of aromatic nitrogens is 1. The Labute approximate surface area is 151 Å². The van der Waals surface area contributed by atoms with E-state index in [-0.39, 0.29) is 4.51 Å². The molecule has 1 N–H and O–H groups in total. The predicted octanol–water partition coefficient (Wildman–Crippen LogP) is 5.44. The van der Waals surface area contributed by atoms with Crippen LogP contribution in [0.15, 0.2) is 48.5 Å². The normalized spacial score (nSPS) is 10.1. The first kappa shape index (κ1) is 16.6. The first-order valence-electron chi connectivity index (χ1n) is 7.79. The van der Waals surface area contributed by atoms with Crippen LogP contribution in [0.3, 0.4) is 0 Å². The van der Waals surface area contributed by atoms with Crippen molar-refractivity contribution in [1.29, 1.82) is 10.5 Å². The van der Waals surface area contributed by atoms with Crippen LogP contribution < -0.4 is 0 Å². The Hall–Kier alpha value is -3.21. The van der Waals surface area contributed by atoms with Gasteiger partial charge in [0.25, 0.3) is 0 Å². The summed E-state index contributed by atoms with van der Waals surface area (Å²) in [6.45, 7) is 4.02. The third-order valence-corrected chi connectivity index (χ3v) is 4.52. The summed E-state index contributed by atoms with van der Waals surface area (Å²) in [5.74, 6) is 0. The number of hydrogen-bond donors (Lipinski definition) is 1. The molecular weight excluding hydrogens is 326 g/mol. The third-order valence-electron chi connectivity index (χ3n) is 4.11. The molecular formula is C21H15N3S. The molecule has 0 atom stereocenters. The number of benzene rings is 2. The maximum atomic E-state index is 9.59. The van der Waals surface area contributed by atoms with Gasteiger partial charge < -0.3 is 4.98 Å². The molecule has 0 amide bonds. The zero-order valence-electron chi connectivity index (χ0n) is 13.9. The fourth-order valence-electron chi connectivity index (χ4n) is 2.69. The minimum Gasteiger partial charge on any atom is -0.352 e. The minimum atomic E-state index is 0.287. The second-order valence-electron chi connectivity index (χ2n) is 5.91. The van der Waals surface area contributed by atoms with Crippen molar-refractivity contribution in [1.82, 2.24) is 4.98 Å². The van der Waals surface area contributed by atoms with Gasteiger partial charge in [-0.25, -0.2) is 0 Å². The van der Waals surface area contributed by atoms with E-state index in [1.54, 1.807) is 0 Å². The van der Waals surface area contributed by atoms with E-state index in [0.29, 0.717) is 22.5 Å². The Morgan fingerprint density at radius 1 is 0.720 bits per heavy atom. The maximum Gasteiger partial charge on any atom is 0.103 e. The molecule has 4 heteroatoms. The van der Waals surface area contributed by atoms with Crippen LogP contribution in [0, 0.1) is 41.0 Å². The lowest BCUT2D eigenvalue weighted by Crippen LogP contribution is -1.99. The second-order valence-corrected chi connectivity index (χ2v) is 6.32. The lowest BCUT2D eigenvalue weighted by atomic mass is 9.99. The molecule has 3 aromatic rings. The van der Waals surface area contributed by atoms with Crippen LogP contribution in [-0.2, 0) is 0 Å². The number of nitrogens with zero attached hydrogens (tertiary/aromatic N) is 2. The van der Waals surface area contributed by atoms with Gasteiger partial charge in [0.2, 0.25) is 0 Å². The lowest BCUT2D eigenvalue weighted by Gasteiger charge is -2.12. The second kappa shape index (κ2) is 6.73. The van der Waals surface area contributed by atoms with Gasteiger partial charge in [0.15, 0.2) is 0 Å². The minimum absolute atomic E-state index is 0.287. The monoisotopic (exact) mass is 341 g/mol. The molecule has 0 aliphatic heterocycles. The molecule has 0 spiro atoms. The maximum absolute atomic E-state index is 9.59. The van der Waals surface area contributed by atoms with Crippen molar-refractivity contribution >= 4 is 12.2 Å². The van der Waals surface area contributed by atoms with Crippen LogP contribution in [0.4, 0.5) is 0 Å². The van der Waals surface area contributed by atoms with Crippen LogP contribution >= 0.6 is 12.2 Å². The summed E-state index contributed by atoms with van der Waals surface area (Å²) in [5, 5.41) is 19.2. The van der Waals surface area contributed by atoms with Crippen molar-refractivity contribution in [2.45, 2.75) is 13.8 Å². The summed E-state index contributed by atoms with van der Waals surface area (Å²) in [4.78, 5) is 3.28. The number of nitriles is 2. The third kappa shape index (κ3) is 3.08. The molecule has 1 heterocycles. The van der Waals surface area contributed by atoms with E-state index in [1.807, 2.05) is 62.4 Å². The molecule has 25 heavy (non-hydrogen) atoms. The number of hydrogen-bond acceptors (Lipinski definition) is 3. The molecule has 3 rings (SSSR count). The fourth-order valence-corrected chi connectivity index (χ4v) is 2.98. The average Bonchev–Trinajstić information content (AvgIpc) is 2.62. The quantitative estimate of drug-likeness (QED) is 0.631. The van der Waals surface area contributed by atoms with Crippen molar-refractivity contribution < 1.29 is 0 Å². The van der Waals surface area contributed by atoms with Crippen LogP contribution in [0.2, 0.25) is 0 Å². The molecule has 0 saturated carbocycles. The van der Waals surface area contributed by atoms with E-state index >= 15 is 0 Å². The van der Waals surface area contributed by atoms with E-state index in [9.17, 15) is 10.5 Å². The van der Waals surface area contributed by atoms with Gasteiger partial charge in [-0.2, -0.15) is 10.5 Å². The summed E-state index contributed by atoms with van der Waals surface area (Å²) in [5.41, 5.74) is 5.93. The average molecular weight is 341 g/mol.